The Hall–Kier alpha value is -0.830. The molecule has 0 aromatic rings. The van der Waals surface area contributed by atoms with Crippen LogP contribution < -0.4 is 0 Å². The summed E-state index contributed by atoms with van der Waals surface area (Å²) >= 11 is 0. The Morgan fingerprint density at radius 1 is 1.11 bits per heavy atom. The van der Waals surface area contributed by atoms with Crippen molar-refractivity contribution in [2.45, 2.75) is 96.7 Å². The summed E-state index contributed by atoms with van der Waals surface area (Å²) in [6.45, 7) is 10.4. The predicted molar refractivity (Wildman–Crippen MR) is 107 cm³/mol. The second-order valence-electron chi connectivity index (χ2n) is 10.7. The molecule has 4 fully saturated rings. The molecule has 152 valence electrons. The maximum Gasteiger partial charge on any atom is 0.302 e. The number of rotatable bonds is 3. The summed E-state index contributed by atoms with van der Waals surface area (Å²) in [5.74, 6) is 2.76. The Bertz CT molecular complexity index is 615. The zero-order valence-electron chi connectivity index (χ0n) is 17.5. The molecule has 0 amide bonds. The summed E-state index contributed by atoms with van der Waals surface area (Å²) in [7, 11) is 0. The molecule has 4 rings (SSSR count). The summed E-state index contributed by atoms with van der Waals surface area (Å²) in [5, 5.41) is 11.4. The van der Waals surface area contributed by atoms with E-state index < -0.39 is 5.60 Å². The molecule has 4 aliphatic carbocycles. The van der Waals surface area contributed by atoms with E-state index in [1.807, 2.05) is 6.08 Å². The lowest BCUT2D eigenvalue weighted by atomic mass is 9.44. The van der Waals surface area contributed by atoms with Crippen LogP contribution >= 0.6 is 0 Å². The number of aliphatic hydroxyl groups is 1. The average molecular weight is 375 g/mol. The van der Waals surface area contributed by atoms with Crippen LogP contribution in [-0.4, -0.2) is 22.8 Å². The lowest BCUT2D eigenvalue weighted by Crippen LogP contribution is -2.56. The molecular weight excluding hydrogens is 336 g/mol. The topological polar surface area (TPSA) is 46.5 Å². The zero-order valence-corrected chi connectivity index (χ0v) is 17.5. The molecule has 8 atom stereocenters. The quantitative estimate of drug-likeness (QED) is 0.541. The highest BCUT2D eigenvalue weighted by atomic mass is 16.5. The minimum Gasteiger partial charge on any atom is -0.463 e. The molecule has 0 spiro atoms. The number of hydrogen-bond acceptors (Lipinski definition) is 3. The van der Waals surface area contributed by atoms with Crippen LogP contribution in [0, 0.1) is 34.5 Å². The molecule has 0 aromatic heterocycles. The lowest BCUT2D eigenvalue weighted by molar-refractivity contribution is -0.168. The fraction of sp³-hybridized carbons (Fsp3) is 0.875. The van der Waals surface area contributed by atoms with Crippen LogP contribution in [0.3, 0.4) is 0 Å². The zero-order chi connectivity index (χ0) is 19.4. The minimum atomic E-state index is -0.547. The molecular formula is C24H38O3. The maximum absolute atomic E-state index is 11.4. The van der Waals surface area contributed by atoms with Crippen LogP contribution in [0.15, 0.2) is 12.7 Å². The largest absolute Gasteiger partial charge is 0.463 e. The highest BCUT2D eigenvalue weighted by molar-refractivity contribution is 5.66. The van der Waals surface area contributed by atoms with Crippen molar-refractivity contribution < 1.29 is 14.6 Å². The second kappa shape index (κ2) is 6.61. The van der Waals surface area contributed by atoms with Crippen LogP contribution in [0.1, 0.15) is 85.0 Å². The van der Waals surface area contributed by atoms with Crippen LogP contribution in [-0.2, 0) is 9.53 Å². The van der Waals surface area contributed by atoms with Gasteiger partial charge in [-0.1, -0.05) is 19.9 Å². The van der Waals surface area contributed by atoms with Crippen LogP contribution in [0.2, 0.25) is 0 Å². The number of carbonyl (C=O) groups excluding carboxylic acids is 1. The summed E-state index contributed by atoms with van der Waals surface area (Å²) in [4.78, 5) is 11.4. The van der Waals surface area contributed by atoms with Crippen molar-refractivity contribution in [1.29, 1.82) is 0 Å². The van der Waals surface area contributed by atoms with Gasteiger partial charge in [0.1, 0.15) is 6.10 Å². The molecule has 0 bridgehead atoms. The van der Waals surface area contributed by atoms with Crippen molar-refractivity contribution in [3.63, 3.8) is 0 Å². The van der Waals surface area contributed by atoms with E-state index in [1.54, 1.807) is 0 Å². The molecule has 1 N–H and O–H groups in total. The Balaban J connectivity index is 1.54. The first-order chi connectivity index (χ1) is 12.7. The van der Waals surface area contributed by atoms with Crippen LogP contribution in [0.5, 0.6) is 0 Å². The smallest absolute Gasteiger partial charge is 0.302 e. The first-order valence-electron chi connectivity index (χ1n) is 11.2. The molecule has 3 heteroatoms. The lowest BCUT2D eigenvalue weighted by Gasteiger charge is -2.61. The van der Waals surface area contributed by atoms with Gasteiger partial charge in [0.15, 0.2) is 0 Å². The van der Waals surface area contributed by atoms with Gasteiger partial charge in [0.05, 0.1) is 5.60 Å². The Kier molecular flexibility index (Phi) is 4.77. The first kappa shape index (κ1) is 19.5. The van der Waals surface area contributed by atoms with E-state index in [9.17, 15) is 9.90 Å². The van der Waals surface area contributed by atoms with Crippen molar-refractivity contribution in [2.24, 2.45) is 34.5 Å². The third-order valence-corrected chi connectivity index (χ3v) is 9.75. The van der Waals surface area contributed by atoms with E-state index in [4.69, 9.17) is 4.74 Å². The molecule has 0 unspecified atom stereocenters. The molecule has 27 heavy (non-hydrogen) atoms. The van der Waals surface area contributed by atoms with Crippen molar-refractivity contribution in [2.75, 3.05) is 0 Å². The van der Waals surface area contributed by atoms with Gasteiger partial charge in [-0.25, -0.2) is 0 Å². The summed E-state index contributed by atoms with van der Waals surface area (Å²) < 4.78 is 5.58. The van der Waals surface area contributed by atoms with Gasteiger partial charge < -0.3 is 9.84 Å². The molecule has 0 aromatic carbocycles. The van der Waals surface area contributed by atoms with E-state index >= 15 is 0 Å². The average Bonchev–Trinajstić information content (AvgIpc) is 2.86. The third-order valence-electron chi connectivity index (χ3n) is 9.75. The van der Waals surface area contributed by atoms with E-state index in [0.29, 0.717) is 17.3 Å². The highest BCUT2D eigenvalue weighted by Gasteiger charge is 2.64. The van der Waals surface area contributed by atoms with Crippen LogP contribution in [0.25, 0.3) is 0 Å². The third kappa shape index (κ3) is 2.82. The second-order valence-corrected chi connectivity index (χ2v) is 10.7. The summed E-state index contributed by atoms with van der Waals surface area (Å²) in [6, 6.07) is 0. The number of fused-ring (bicyclic) bond motifs is 5. The highest BCUT2D eigenvalue weighted by Crippen LogP contribution is 2.68. The fourth-order valence-corrected chi connectivity index (χ4v) is 8.24. The number of hydrogen-bond donors (Lipinski definition) is 1. The van der Waals surface area contributed by atoms with Gasteiger partial charge in [-0.2, -0.15) is 0 Å². The van der Waals surface area contributed by atoms with Crippen molar-refractivity contribution in [3.05, 3.63) is 12.7 Å². The van der Waals surface area contributed by atoms with Gasteiger partial charge in [0.2, 0.25) is 0 Å². The summed E-state index contributed by atoms with van der Waals surface area (Å²) in [6.07, 6.45) is 13.2. The Labute approximate surface area is 164 Å². The molecule has 3 nitrogen and oxygen atoms in total. The number of esters is 1. The maximum atomic E-state index is 11.4. The summed E-state index contributed by atoms with van der Waals surface area (Å²) in [5.41, 5.74) is -0.102. The van der Waals surface area contributed by atoms with Crippen molar-refractivity contribution >= 4 is 5.97 Å². The molecule has 0 radical (unpaired) electrons. The van der Waals surface area contributed by atoms with Gasteiger partial charge >= 0.3 is 5.97 Å². The first-order valence-corrected chi connectivity index (χ1v) is 11.2. The van der Waals surface area contributed by atoms with E-state index in [-0.39, 0.29) is 17.5 Å². The molecule has 0 aliphatic heterocycles. The van der Waals surface area contributed by atoms with Gasteiger partial charge in [-0.3, -0.25) is 4.79 Å². The molecule has 4 saturated carbocycles. The minimum absolute atomic E-state index is 0.0560. The molecule has 0 saturated heterocycles. The standard InChI is InChI=1S/C24H38O3/c1-5-11-24(26)14-10-21-19-7-6-17-15-18(27-16(2)25)8-12-22(17,3)20(19)9-13-23(21,24)4/h5,17-21,26H,1,6-15H2,2-4H3/t17-,18-,19+,20-,21-,22-,23-,24-/m0/s1. The van der Waals surface area contributed by atoms with Crippen molar-refractivity contribution in [3.8, 4) is 0 Å². The van der Waals surface area contributed by atoms with Gasteiger partial charge in [0.25, 0.3) is 0 Å². The van der Waals surface area contributed by atoms with Gasteiger partial charge in [-0.05, 0) is 98.7 Å². The normalized spacial score (nSPS) is 51.6. The number of ether oxygens (including phenoxy) is 1. The SMILES string of the molecule is C=CC[C@]1(O)CC[C@H]2[C@@H]3CC[C@H]4C[C@@H](OC(C)=O)CC[C@]4(C)[C@H]3CC[C@@]21C. The van der Waals surface area contributed by atoms with E-state index in [2.05, 4.69) is 20.4 Å². The van der Waals surface area contributed by atoms with Crippen LogP contribution in [0.4, 0.5) is 0 Å². The Morgan fingerprint density at radius 3 is 2.56 bits per heavy atom. The van der Waals surface area contributed by atoms with Crippen molar-refractivity contribution in [1.82, 2.24) is 0 Å². The van der Waals surface area contributed by atoms with E-state index in [1.165, 1.54) is 39.0 Å². The monoisotopic (exact) mass is 374 g/mol. The fourth-order valence-electron chi connectivity index (χ4n) is 8.24. The number of carbonyl (C=O) groups is 1. The van der Waals surface area contributed by atoms with Gasteiger partial charge in [-0.15, -0.1) is 6.58 Å². The predicted octanol–water partition coefficient (Wildman–Crippen LogP) is 5.27. The molecule has 4 aliphatic rings. The van der Waals surface area contributed by atoms with Gasteiger partial charge in [0, 0.05) is 6.92 Å². The van der Waals surface area contributed by atoms with E-state index in [0.717, 1.165) is 43.9 Å². The molecule has 0 heterocycles. The Morgan fingerprint density at radius 2 is 1.85 bits per heavy atom.